The lowest BCUT2D eigenvalue weighted by atomic mass is 9.98. The van der Waals surface area contributed by atoms with Gasteiger partial charge in [0.25, 0.3) is 0 Å². The van der Waals surface area contributed by atoms with E-state index in [2.05, 4.69) is 10.6 Å². The van der Waals surface area contributed by atoms with Gasteiger partial charge in [-0.3, -0.25) is 19.2 Å². The molecule has 5 atom stereocenters. The molecular weight excluding hydrogens is 412 g/mol. The van der Waals surface area contributed by atoms with Crippen LogP contribution in [0.3, 0.4) is 0 Å². The summed E-state index contributed by atoms with van der Waals surface area (Å²) in [4.78, 5) is 61.5. The Balaban J connectivity index is 2.96. The molecule has 0 aromatic heterocycles. The molecule has 1 aliphatic heterocycles. The molecule has 1 fully saturated rings. The molecule has 1 saturated heterocycles. The number of amides is 3. The van der Waals surface area contributed by atoms with Crippen molar-refractivity contribution in [1.82, 2.24) is 15.5 Å². The number of carboxylic acid groups (broad SMARTS) is 2. The van der Waals surface area contributed by atoms with Crippen LogP contribution in [0.25, 0.3) is 0 Å². The van der Waals surface area contributed by atoms with Gasteiger partial charge < -0.3 is 36.6 Å². The van der Waals surface area contributed by atoms with Gasteiger partial charge >= 0.3 is 11.9 Å². The van der Waals surface area contributed by atoms with Crippen LogP contribution in [0.1, 0.15) is 46.0 Å². The Morgan fingerprint density at radius 1 is 1.16 bits per heavy atom. The quantitative estimate of drug-likeness (QED) is 0.202. The van der Waals surface area contributed by atoms with Gasteiger partial charge in [0, 0.05) is 13.0 Å². The molecule has 1 aliphatic rings. The Morgan fingerprint density at radius 3 is 2.32 bits per heavy atom. The van der Waals surface area contributed by atoms with E-state index in [0.717, 1.165) is 0 Å². The summed E-state index contributed by atoms with van der Waals surface area (Å²) in [5.41, 5.74) is 5.56. The minimum Gasteiger partial charge on any atom is -0.481 e. The lowest BCUT2D eigenvalue weighted by Gasteiger charge is -2.28. The monoisotopic (exact) mass is 444 g/mol. The maximum absolute atomic E-state index is 12.8. The molecule has 0 radical (unpaired) electrons. The van der Waals surface area contributed by atoms with Gasteiger partial charge in [-0.15, -0.1) is 0 Å². The van der Waals surface area contributed by atoms with Crippen molar-refractivity contribution < 1.29 is 39.3 Å². The summed E-state index contributed by atoms with van der Waals surface area (Å²) in [6, 6.07) is -4.59. The molecule has 0 aliphatic carbocycles. The number of hydrogen-bond donors (Lipinski definition) is 6. The first-order chi connectivity index (χ1) is 14.5. The van der Waals surface area contributed by atoms with Gasteiger partial charge in [-0.1, -0.05) is 20.3 Å². The predicted octanol–water partition coefficient (Wildman–Crippen LogP) is -1.74. The molecule has 0 aromatic rings. The van der Waals surface area contributed by atoms with Crippen LogP contribution in [0.2, 0.25) is 0 Å². The first kappa shape index (κ1) is 26.3. The van der Waals surface area contributed by atoms with Gasteiger partial charge in [-0.25, -0.2) is 4.79 Å². The van der Waals surface area contributed by atoms with Crippen LogP contribution in [0.5, 0.6) is 0 Å². The number of carboxylic acids is 2. The second-order valence-electron chi connectivity index (χ2n) is 7.68. The summed E-state index contributed by atoms with van der Waals surface area (Å²) in [5, 5.41) is 32.3. The third kappa shape index (κ3) is 7.47. The molecule has 3 amide bonds. The summed E-state index contributed by atoms with van der Waals surface area (Å²) < 4.78 is 0. The third-order valence-corrected chi connectivity index (χ3v) is 5.41. The molecule has 0 spiro atoms. The number of aliphatic carboxylic acids is 2. The van der Waals surface area contributed by atoms with E-state index in [-0.39, 0.29) is 18.9 Å². The zero-order valence-electron chi connectivity index (χ0n) is 17.7. The van der Waals surface area contributed by atoms with E-state index >= 15 is 0 Å². The van der Waals surface area contributed by atoms with Gasteiger partial charge in [0.05, 0.1) is 6.61 Å². The van der Waals surface area contributed by atoms with E-state index in [9.17, 15) is 29.1 Å². The zero-order valence-corrected chi connectivity index (χ0v) is 17.7. The number of hydrogen-bond acceptors (Lipinski definition) is 7. The van der Waals surface area contributed by atoms with Crippen molar-refractivity contribution in [1.29, 1.82) is 0 Å². The highest BCUT2D eigenvalue weighted by molar-refractivity contribution is 5.94. The highest BCUT2D eigenvalue weighted by Crippen LogP contribution is 2.19. The SMILES string of the molecule is CCC(C)C(NC(=O)C(CCC(=O)O)NC(=O)C1CCCN1C(=O)C(N)CO)C(=O)O. The Bertz CT molecular complexity index is 686. The lowest BCUT2D eigenvalue weighted by Crippen LogP contribution is -2.57. The molecule has 12 nitrogen and oxygen atoms in total. The Hall–Kier alpha value is -2.73. The molecule has 7 N–H and O–H groups in total. The highest BCUT2D eigenvalue weighted by atomic mass is 16.4. The van der Waals surface area contributed by atoms with Gasteiger partial charge in [0.2, 0.25) is 17.7 Å². The summed E-state index contributed by atoms with van der Waals surface area (Å²) >= 11 is 0. The van der Waals surface area contributed by atoms with Crippen molar-refractivity contribution in [2.45, 2.75) is 70.1 Å². The fraction of sp³-hybridized carbons (Fsp3) is 0.737. The van der Waals surface area contributed by atoms with Crippen molar-refractivity contribution in [3.63, 3.8) is 0 Å². The molecule has 31 heavy (non-hydrogen) atoms. The van der Waals surface area contributed by atoms with Crippen LogP contribution in [0.4, 0.5) is 0 Å². The van der Waals surface area contributed by atoms with E-state index in [1.165, 1.54) is 4.90 Å². The minimum atomic E-state index is -1.29. The fourth-order valence-corrected chi connectivity index (χ4v) is 3.34. The molecule has 1 rings (SSSR count). The predicted molar refractivity (Wildman–Crippen MR) is 108 cm³/mol. The second-order valence-corrected chi connectivity index (χ2v) is 7.68. The van der Waals surface area contributed by atoms with E-state index < -0.39 is 66.9 Å². The number of likely N-dealkylation sites (tertiary alicyclic amines) is 1. The lowest BCUT2D eigenvalue weighted by molar-refractivity contribution is -0.145. The van der Waals surface area contributed by atoms with Crippen molar-refractivity contribution in [3.8, 4) is 0 Å². The summed E-state index contributed by atoms with van der Waals surface area (Å²) in [6.45, 7) is 3.08. The smallest absolute Gasteiger partial charge is 0.326 e. The summed E-state index contributed by atoms with van der Waals surface area (Å²) in [7, 11) is 0. The van der Waals surface area contributed by atoms with Crippen LogP contribution in [0.15, 0.2) is 0 Å². The number of nitrogens with one attached hydrogen (secondary N) is 2. The number of rotatable bonds is 12. The third-order valence-electron chi connectivity index (χ3n) is 5.41. The van der Waals surface area contributed by atoms with Crippen LogP contribution >= 0.6 is 0 Å². The minimum absolute atomic E-state index is 0.253. The van der Waals surface area contributed by atoms with Crippen LogP contribution in [-0.2, 0) is 24.0 Å². The molecule has 12 heteroatoms. The average molecular weight is 444 g/mol. The Kier molecular flexibility index (Phi) is 10.4. The molecule has 176 valence electrons. The normalized spacial score (nSPS) is 19.7. The highest BCUT2D eigenvalue weighted by Gasteiger charge is 2.38. The molecule has 5 unspecified atom stereocenters. The molecule has 0 saturated carbocycles. The van der Waals surface area contributed by atoms with Crippen molar-refractivity contribution >= 4 is 29.7 Å². The number of aliphatic hydroxyl groups is 1. The van der Waals surface area contributed by atoms with Crippen LogP contribution < -0.4 is 16.4 Å². The van der Waals surface area contributed by atoms with Crippen molar-refractivity contribution in [2.75, 3.05) is 13.2 Å². The maximum atomic E-state index is 12.8. The number of aliphatic hydroxyl groups excluding tert-OH is 1. The first-order valence-corrected chi connectivity index (χ1v) is 10.3. The zero-order chi connectivity index (χ0) is 23.7. The van der Waals surface area contributed by atoms with Crippen LogP contribution in [-0.4, -0.2) is 87.2 Å². The molecular formula is C19H32N4O8. The Labute approximate surface area is 180 Å². The van der Waals surface area contributed by atoms with Crippen LogP contribution in [0, 0.1) is 5.92 Å². The number of carbonyl (C=O) groups is 5. The maximum Gasteiger partial charge on any atom is 0.326 e. The Morgan fingerprint density at radius 2 is 1.81 bits per heavy atom. The molecule has 0 bridgehead atoms. The van der Waals surface area contributed by atoms with E-state index in [1.807, 2.05) is 0 Å². The largest absolute Gasteiger partial charge is 0.481 e. The van der Waals surface area contributed by atoms with Gasteiger partial charge in [-0.2, -0.15) is 0 Å². The van der Waals surface area contributed by atoms with Gasteiger partial charge in [0.15, 0.2) is 0 Å². The number of nitrogens with two attached hydrogens (primary N) is 1. The van der Waals surface area contributed by atoms with E-state index in [1.54, 1.807) is 13.8 Å². The van der Waals surface area contributed by atoms with Crippen molar-refractivity contribution in [2.24, 2.45) is 11.7 Å². The number of nitrogens with zero attached hydrogens (tertiary/aromatic N) is 1. The van der Waals surface area contributed by atoms with Gasteiger partial charge in [-0.05, 0) is 25.2 Å². The van der Waals surface area contributed by atoms with E-state index in [4.69, 9.17) is 15.9 Å². The summed E-state index contributed by atoms with van der Waals surface area (Å²) in [6.07, 6.45) is 0.628. The standard InChI is InChI=1S/C19H32N4O8/c1-3-10(2)15(19(30)31)22-16(27)12(6-7-14(25)26)21-17(28)13-5-4-8-23(13)18(29)11(20)9-24/h10-13,15,24H,3-9,20H2,1-2H3,(H,21,28)(H,22,27)(H,25,26)(H,30,31). The van der Waals surface area contributed by atoms with Crippen molar-refractivity contribution in [3.05, 3.63) is 0 Å². The number of carbonyl (C=O) groups excluding carboxylic acids is 3. The molecule has 0 aromatic carbocycles. The van der Waals surface area contributed by atoms with E-state index in [0.29, 0.717) is 19.3 Å². The molecule has 1 heterocycles. The average Bonchev–Trinajstić information content (AvgIpc) is 3.22. The fourth-order valence-electron chi connectivity index (χ4n) is 3.34. The summed E-state index contributed by atoms with van der Waals surface area (Å²) in [5.74, 6) is -4.90. The van der Waals surface area contributed by atoms with Gasteiger partial charge in [0.1, 0.15) is 24.2 Å². The topological polar surface area (TPSA) is 199 Å². The first-order valence-electron chi connectivity index (χ1n) is 10.3. The second kappa shape index (κ2) is 12.2.